The highest BCUT2D eigenvalue weighted by molar-refractivity contribution is 4.98. The highest BCUT2D eigenvalue weighted by Crippen LogP contribution is 2.40. The highest BCUT2D eigenvalue weighted by Gasteiger charge is 2.44. The molecule has 0 bridgehead atoms. The molecular weight excluding hydrogens is 208 g/mol. The molecule has 1 spiro atoms. The Hall–Kier alpha value is -0.0800. The van der Waals surface area contributed by atoms with Gasteiger partial charge in [0.15, 0.2) is 0 Å². The van der Waals surface area contributed by atoms with Gasteiger partial charge in [0.2, 0.25) is 0 Å². The zero-order valence-corrected chi connectivity index (χ0v) is 12.0. The van der Waals surface area contributed by atoms with Gasteiger partial charge in [-0.15, -0.1) is 0 Å². The Balaban J connectivity index is 1.65. The van der Waals surface area contributed by atoms with E-state index in [1.807, 2.05) is 0 Å². The minimum atomic E-state index is 0.720. The number of hydrogen-bond donors (Lipinski definition) is 0. The molecule has 0 aromatic carbocycles. The summed E-state index contributed by atoms with van der Waals surface area (Å²) in [4.78, 5) is 5.33. The largest absolute Gasteiger partial charge is 0.302 e. The van der Waals surface area contributed by atoms with Crippen LogP contribution in [0.1, 0.15) is 52.9 Å². The zero-order chi connectivity index (χ0) is 12.3. The smallest absolute Gasteiger partial charge is 0.00514 e. The Labute approximate surface area is 107 Å². The van der Waals surface area contributed by atoms with Gasteiger partial charge in [-0.1, -0.05) is 19.8 Å². The first-order valence-electron chi connectivity index (χ1n) is 7.62. The third kappa shape index (κ3) is 3.23. The van der Waals surface area contributed by atoms with Crippen LogP contribution in [0.4, 0.5) is 0 Å². The van der Waals surface area contributed by atoms with E-state index in [0.29, 0.717) is 0 Å². The lowest BCUT2D eigenvalue weighted by Gasteiger charge is -2.54. The normalized spacial score (nSPS) is 25.4. The lowest BCUT2D eigenvalue weighted by Crippen LogP contribution is -2.60. The molecule has 0 radical (unpaired) electrons. The van der Waals surface area contributed by atoms with Crippen LogP contribution in [-0.4, -0.2) is 48.6 Å². The van der Waals surface area contributed by atoms with Gasteiger partial charge < -0.3 is 9.80 Å². The quantitative estimate of drug-likeness (QED) is 0.679. The Morgan fingerprint density at radius 2 is 1.71 bits per heavy atom. The average molecular weight is 238 g/mol. The monoisotopic (exact) mass is 238 g/mol. The Bertz CT molecular complexity index is 221. The van der Waals surface area contributed by atoms with Gasteiger partial charge >= 0.3 is 0 Å². The summed E-state index contributed by atoms with van der Waals surface area (Å²) < 4.78 is 0. The molecule has 0 unspecified atom stereocenters. The number of rotatable bonds is 5. The number of likely N-dealkylation sites (tertiary alicyclic amines) is 2. The predicted molar refractivity (Wildman–Crippen MR) is 74.3 cm³/mol. The molecule has 2 rings (SSSR count). The molecule has 0 aliphatic carbocycles. The first-order chi connectivity index (χ1) is 8.15. The molecule has 0 aromatic rings. The standard InChI is InChI=1S/C15H30N2/c1-4-5-6-9-16-12-15(13-16)7-10-17(11-8-15)14(2)3/h14H,4-13H2,1-3H3. The van der Waals surface area contributed by atoms with E-state index in [4.69, 9.17) is 0 Å². The van der Waals surface area contributed by atoms with Gasteiger partial charge in [-0.05, 0) is 58.2 Å². The van der Waals surface area contributed by atoms with Gasteiger partial charge in [-0.2, -0.15) is 0 Å². The minimum absolute atomic E-state index is 0.720. The van der Waals surface area contributed by atoms with Gasteiger partial charge in [0, 0.05) is 19.1 Å². The summed E-state index contributed by atoms with van der Waals surface area (Å²) in [6.07, 6.45) is 7.04. The van der Waals surface area contributed by atoms with Crippen molar-refractivity contribution in [2.45, 2.75) is 58.9 Å². The number of piperidine rings is 1. The summed E-state index contributed by atoms with van der Waals surface area (Å²) in [5.41, 5.74) is 0.720. The van der Waals surface area contributed by atoms with Crippen molar-refractivity contribution < 1.29 is 0 Å². The highest BCUT2D eigenvalue weighted by atomic mass is 15.2. The molecule has 2 aliphatic rings. The summed E-state index contributed by atoms with van der Waals surface area (Å²) >= 11 is 0. The second-order valence-corrected chi connectivity index (χ2v) is 6.55. The van der Waals surface area contributed by atoms with Crippen molar-refractivity contribution >= 4 is 0 Å². The second kappa shape index (κ2) is 5.71. The summed E-state index contributed by atoms with van der Waals surface area (Å²) in [6.45, 7) is 13.8. The second-order valence-electron chi connectivity index (χ2n) is 6.55. The maximum atomic E-state index is 2.68. The van der Waals surface area contributed by atoms with E-state index in [0.717, 1.165) is 11.5 Å². The van der Waals surface area contributed by atoms with Crippen LogP contribution < -0.4 is 0 Å². The minimum Gasteiger partial charge on any atom is -0.302 e. The van der Waals surface area contributed by atoms with Gasteiger partial charge in [-0.25, -0.2) is 0 Å². The molecule has 0 aromatic heterocycles. The molecule has 2 heteroatoms. The Morgan fingerprint density at radius 1 is 1.06 bits per heavy atom. The van der Waals surface area contributed by atoms with Crippen LogP contribution in [-0.2, 0) is 0 Å². The summed E-state index contributed by atoms with van der Waals surface area (Å²) in [7, 11) is 0. The fourth-order valence-electron chi connectivity index (χ4n) is 3.48. The van der Waals surface area contributed by atoms with Crippen molar-refractivity contribution in [2.75, 3.05) is 32.7 Å². The van der Waals surface area contributed by atoms with Crippen LogP contribution in [0.25, 0.3) is 0 Å². The van der Waals surface area contributed by atoms with Crippen LogP contribution in [0.3, 0.4) is 0 Å². The molecule has 2 saturated heterocycles. The molecular formula is C15H30N2. The van der Waals surface area contributed by atoms with Crippen LogP contribution >= 0.6 is 0 Å². The average Bonchev–Trinajstić information content (AvgIpc) is 2.27. The maximum Gasteiger partial charge on any atom is 0.00514 e. The van der Waals surface area contributed by atoms with Gasteiger partial charge in [0.25, 0.3) is 0 Å². The van der Waals surface area contributed by atoms with E-state index in [9.17, 15) is 0 Å². The predicted octanol–water partition coefficient (Wildman–Crippen LogP) is 2.98. The molecule has 2 aliphatic heterocycles. The molecule has 2 heterocycles. The third-order valence-electron chi connectivity index (χ3n) is 4.78. The van der Waals surface area contributed by atoms with E-state index in [-0.39, 0.29) is 0 Å². The molecule has 0 saturated carbocycles. The zero-order valence-electron chi connectivity index (χ0n) is 12.0. The van der Waals surface area contributed by atoms with E-state index in [1.54, 1.807) is 0 Å². The Kier molecular flexibility index (Phi) is 4.48. The van der Waals surface area contributed by atoms with E-state index in [1.165, 1.54) is 64.8 Å². The summed E-state index contributed by atoms with van der Waals surface area (Å²) in [5, 5.41) is 0. The van der Waals surface area contributed by atoms with Crippen LogP contribution in [0, 0.1) is 5.41 Å². The first kappa shape index (κ1) is 13.4. The number of unbranched alkanes of at least 4 members (excludes halogenated alkanes) is 2. The van der Waals surface area contributed by atoms with Crippen molar-refractivity contribution in [1.29, 1.82) is 0 Å². The van der Waals surface area contributed by atoms with Crippen LogP contribution in [0.15, 0.2) is 0 Å². The van der Waals surface area contributed by atoms with E-state index in [2.05, 4.69) is 30.6 Å². The lowest BCUT2D eigenvalue weighted by atomic mass is 9.71. The fraction of sp³-hybridized carbons (Fsp3) is 1.00. The Morgan fingerprint density at radius 3 is 2.24 bits per heavy atom. The summed E-state index contributed by atoms with van der Waals surface area (Å²) in [6, 6.07) is 0.744. The van der Waals surface area contributed by atoms with Crippen LogP contribution in [0.2, 0.25) is 0 Å². The number of nitrogens with zero attached hydrogens (tertiary/aromatic N) is 2. The maximum absolute atomic E-state index is 2.68. The topological polar surface area (TPSA) is 6.48 Å². The van der Waals surface area contributed by atoms with Crippen molar-refractivity contribution in [1.82, 2.24) is 9.80 Å². The molecule has 2 nitrogen and oxygen atoms in total. The first-order valence-corrected chi connectivity index (χ1v) is 7.62. The lowest BCUT2D eigenvalue weighted by molar-refractivity contribution is -0.0516. The molecule has 17 heavy (non-hydrogen) atoms. The molecule has 100 valence electrons. The van der Waals surface area contributed by atoms with Gasteiger partial charge in [-0.3, -0.25) is 0 Å². The van der Waals surface area contributed by atoms with Crippen LogP contribution in [0.5, 0.6) is 0 Å². The van der Waals surface area contributed by atoms with E-state index >= 15 is 0 Å². The van der Waals surface area contributed by atoms with Gasteiger partial charge in [0.1, 0.15) is 0 Å². The fourth-order valence-corrected chi connectivity index (χ4v) is 3.48. The van der Waals surface area contributed by atoms with Gasteiger partial charge in [0.05, 0.1) is 0 Å². The molecule has 0 atom stereocenters. The van der Waals surface area contributed by atoms with E-state index < -0.39 is 0 Å². The molecule has 0 N–H and O–H groups in total. The van der Waals surface area contributed by atoms with Crippen molar-refractivity contribution in [2.24, 2.45) is 5.41 Å². The van der Waals surface area contributed by atoms with Crippen molar-refractivity contribution in [3.63, 3.8) is 0 Å². The summed E-state index contributed by atoms with van der Waals surface area (Å²) in [5.74, 6) is 0. The number of hydrogen-bond acceptors (Lipinski definition) is 2. The van der Waals surface area contributed by atoms with Crippen molar-refractivity contribution in [3.05, 3.63) is 0 Å². The molecule has 0 amide bonds. The molecule has 2 fully saturated rings. The SMILES string of the molecule is CCCCCN1CC2(CCN(C(C)C)CC2)C1. The van der Waals surface area contributed by atoms with Crippen molar-refractivity contribution in [3.8, 4) is 0 Å². The third-order valence-corrected chi connectivity index (χ3v) is 4.78.